The predicted molar refractivity (Wildman–Crippen MR) is 118 cm³/mol. The molecule has 0 atom stereocenters. The Balaban J connectivity index is 1.58. The fourth-order valence-electron chi connectivity index (χ4n) is 3.77. The number of methoxy groups -OCH3 is 3. The van der Waals surface area contributed by atoms with E-state index >= 15 is 0 Å². The second-order valence-electron chi connectivity index (χ2n) is 7.68. The number of piperidine rings is 1. The van der Waals surface area contributed by atoms with Gasteiger partial charge in [-0.15, -0.1) is 0 Å². The van der Waals surface area contributed by atoms with Gasteiger partial charge < -0.3 is 24.4 Å². The maximum Gasteiger partial charge on any atom is 0.254 e. The molecule has 1 aliphatic heterocycles. The number of nitrogens with zero attached hydrogens (tertiary/aromatic N) is 1. The molecular weight excluding hydrogens is 396 g/mol. The Morgan fingerprint density at radius 3 is 2.06 bits per heavy atom. The van der Waals surface area contributed by atoms with Crippen LogP contribution in [-0.2, 0) is 11.3 Å². The molecular formula is C24H30N2O5. The number of aryl methyl sites for hydroxylation is 1. The summed E-state index contributed by atoms with van der Waals surface area (Å²) in [4.78, 5) is 27.4. The molecule has 2 aromatic rings. The summed E-state index contributed by atoms with van der Waals surface area (Å²) in [6.07, 6.45) is 1.27. The van der Waals surface area contributed by atoms with Gasteiger partial charge in [0.1, 0.15) is 0 Å². The highest BCUT2D eigenvalue weighted by atomic mass is 16.5. The van der Waals surface area contributed by atoms with Crippen molar-refractivity contribution >= 4 is 11.8 Å². The molecule has 3 rings (SSSR count). The molecule has 0 aromatic heterocycles. The molecule has 166 valence electrons. The molecule has 7 heteroatoms. The Bertz CT molecular complexity index is 893. The van der Waals surface area contributed by atoms with Crippen molar-refractivity contribution in [3.63, 3.8) is 0 Å². The minimum atomic E-state index is -0.113. The van der Waals surface area contributed by atoms with Gasteiger partial charge in [-0.25, -0.2) is 0 Å². The number of carbonyl (C=O) groups excluding carboxylic acids is 2. The van der Waals surface area contributed by atoms with Crippen molar-refractivity contribution in [2.45, 2.75) is 26.3 Å². The SMILES string of the molecule is COc1cc(C(=O)N2CCC(C(=O)NCc3ccc(C)cc3)CC2)cc(OC)c1OC. The fraction of sp³-hybridized carbons (Fsp3) is 0.417. The monoisotopic (exact) mass is 426 g/mol. The lowest BCUT2D eigenvalue weighted by atomic mass is 9.95. The minimum Gasteiger partial charge on any atom is -0.493 e. The molecule has 2 aromatic carbocycles. The van der Waals surface area contributed by atoms with Crippen LogP contribution >= 0.6 is 0 Å². The highest BCUT2D eigenvalue weighted by molar-refractivity contribution is 5.96. The number of benzene rings is 2. The van der Waals surface area contributed by atoms with Crippen LogP contribution in [0.4, 0.5) is 0 Å². The van der Waals surface area contributed by atoms with Crippen molar-refractivity contribution in [1.29, 1.82) is 0 Å². The number of nitrogens with one attached hydrogen (secondary N) is 1. The number of carbonyl (C=O) groups is 2. The van der Waals surface area contributed by atoms with Crippen LogP contribution in [0.1, 0.15) is 34.3 Å². The lowest BCUT2D eigenvalue weighted by Crippen LogP contribution is -2.42. The maximum atomic E-state index is 13.0. The van der Waals surface area contributed by atoms with Crippen molar-refractivity contribution < 1.29 is 23.8 Å². The predicted octanol–water partition coefficient (Wildman–Crippen LogP) is 3.19. The van der Waals surface area contributed by atoms with E-state index in [0.717, 1.165) is 5.56 Å². The van der Waals surface area contributed by atoms with Crippen LogP contribution < -0.4 is 19.5 Å². The summed E-state index contributed by atoms with van der Waals surface area (Å²) in [5.74, 6) is 1.17. The maximum absolute atomic E-state index is 13.0. The minimum absolute atomic E-state index is 0.0421. The molecule has 1 fully saturated rings. The summed E-state index contributed by atoms with van der Waals surface area (Å²) in [5, 5.41) is 3.02. The molecule has 0 saturated carbocycles. The Morgan fingerprint density at radius 1 is 0.968 bits per heavy atom. The Morgan fingerprint density at radius 2 is 1.55 bits per heavy atom. The zero-order valence-corrected chi connectivity index (χ0v) is 18.6. The van der Waals surface area contributed by atoms with Gasteiger partial charge in [-0.1, -0.05) is 29.8 Å². The Hall–Kier alpha value is -3.22. The standard InChI is InChI=1S/C24H30N2O5/c1-16-5-7-17(8-6-16)15-25-23(27)18-9-11-26(12-10-18)24(28)19-13-20(29-2)22(31-4)21(14-19)30-3/h5-8,13-14,18H,9-12,15H2,1-4H3,(H,25,27). The van der Waals surface area contributed by atoms with Gasteiger partial charge in [0.2, 0.25) is 11.7 Å². The van der Waals surface area contributed by atoms with E-state index < -0.39 is 0 Å². The zero-order chi connectivity index (χ0) is 22.4. The zero-order valence-electron chi connectivity index (χ0n) is 18.6. The lowest BCUT2D eigenvalue weighted by Gasteiger charge is -2.31. The second kappa shape index (κ2) is 10.2. The third-order valence-electron chi connectivity index (χ3n) is 5.65. The van der Waals surface area contributed by atoms with E-state index in [1.54, 1.807) is 17.0 Å². The third kappa shape index (κ3) is 5.29. The molecule has 1 aliphatic rings. The van der Waals surface area contributed by atoms with Gasteiger partial charge in [0.05, 0.1) is 21.3 Å². The van der Waals surface area contributed by atoms with E-state index in [2.05, 4.69) is 5.32 Å². The van der Waals surface area contributed by atoms with Crippen molar-refractivity contribution in [1.82, 2.24) is 10.2 Å². The van der Waals surface area contributed by atoms with E-state index in [1.807, 2.05) is 31.2 Å². The first-order valence-corrected chi connectivity index (χ1v) is 10.4. The lowest BCUT2D eigenvalue weighted by molar-refractivity contribution is -0.126. The number of amides is 2. The normalized spacial score (nSPS) is 14.1. The van der Waals surface area contributed by atoms with E-state index in [4.69, 9.17) is 14.2 Å². The van der Waals surface area contributed by atoms with Crippen molar-refractivity contribution in [2.75, 3.05) is 34.4 Å². The van der Waals surface area contributed by atoms with Gasteiger partial charge >= 0.3 is 0 Å². The van der Waals surface area contributed by atoms with Crippen LogP contribution in [0.2, 0.25) is 0 Å². The molecule has 0 bridgehead atoms. The largest absolute Gasteiger partial charge is 0.493 e. The molecule has 0 radical (unpaired) electrons. The van der Waals surface area contributed by atoms with E-state index in [9.17, 15) is 9.59 Å². The summed E-state index contributed by atoms with van der Waals surface area (Å²) >= 11 is 0. The topological polar surface area (TPSA) is 77.1 Å². The van der Waals surface area contributed by atoms with Gasteiger partial charge in [0.25, 0.3) is 5.91 Å². The summed E-state index contributed by atoms with van der Waals surface area (Å²) in [5.41, 5.74) is 2.74. The van der Waals surface area contributed by atoms with Crippen LogP contribution in [-0.4, -0.2) is 51.1 Å². The Labute approximate surface area is 183 Å². The number of hydrogen-bond donors (Lipinski definition) is 1. The van der Waals surface area contributed by atoms with Crippen LogP contribution in [0, 0.1) is 12.8 Å². The van der Waals surface area contributed by atoms with Crippen molar-refractivity contribution in [2.24, 2.45) is 5.92 Å². The molecule has 1 N–H and O–H groups in total. The molecule has 1 heterocycles. The average molecular weight is 427 g/mol. The van der Waals surface area contributed by atoms with Gasteiger partial charge in [0.15, 0.2) is 11.5 Å². The molecule has 31 heavy (non-hydrogen) atoms. The van der Waals surface area contributed by atoms with Gasteiger partial charge in [-0.05, 0) is 37.5 Å². The van der Waals surface area contributed by atoms with Gasteiger partial charge in [-0.3, -0.25) is 9.59 Å². The van der Waals surface area contributed by atoms with Gasteiger partial charge in [0, 0.05) is 31.1 Å². The van der Waals surface area contributed by atoms with E-state index in [-0.39, 0.29) is 17.7 Å². The quantitative estimate of drug-likeness (QED) is 0.736. The molecule has 1 saturated heterocycles. The number of likely N-dealkylation sites (tertiary alicyclic amines) is 1. The summed E-state index contributed by atoms with van der Waals surface area (Å²) in [7, 11) is 4.56. The number of hydrogen-bond acceptors (Lipinski definition) is 5. The van der Waals surface area contributed by atoms with Crippen LogP contribution in [0.15, 0.2) is 36.4 Å². The first-order valence-electron chi connectivity index (χ1n) is 10.4. The van der Waals surface area contributed by atoms with E-state index in [1.165, 1.54) is 26.9 Å². The fourth-order valence-corrected chi connectivity index (χ4v) is 3.77. The molecule has 2 amide bonds. The van der Waals surface area contributed by atoms with Crippen LogP contribution in [0.5, 0.6) is 17.2 Å². The van der Waals surface area contributed by atoms with Crippen LogP contribution in [0.3, 0.4) is 0 Å². The molecule has 7 nitrogen and oxygen atoms in total. The summed E-state index contributed by atoms with van der Waals surface area (Å²) in [6, 6.07) is 11.4. The van der Waals surface area contributed by atoms with Crippen molar-refractivity contribution in [3.05, 3.63) is 53.1 Å². The highest BCUT2D eigenvalue weighted by Crippen LogP contribution is 2.38. The first-order chi connectivity index (χ1) is 15.0. The third-order valence-corrected chi connectivity index (χ3v) is 5.65. The van der Waals surface area contributed by atoms with Crippen molar-refractivity contribution in [3.8, 4) is 17.2 Å². The van der Waals surface area contributed by atoms with Gasteiger partial charge in [-0.2, -0.15) is 0 Å². The van der Waals surface area contributed by atoms with E-state index in [0.29, 0.717) is 55.3 Å². The number of ether oxygens (including phenoxy) is 3. The summed E-state index contributed by atoms with van der Waals surface area (Å²) < 4.78 is 16.0. The smallest absolute Gasteiger partial charge is 0.254 e. The molecule has 0 aliphatic carbocycles. The molecule has 0 spiro atoms. The number of rotatable bonds is 7. The molecule has 0 unspecified atom stereocenters. The highest BCUT2D eigenvalue weighted by Gasteiger charge is 2.28. The second-order valence-corrected chi connectivity index (χ2v) is 7.68. The summed E-state index contributed by atoms with van der Waals surface area (Å²) in [6.45, 7) is 3.61. The van der Waals surface area contributed by atoms with Crippen LogP contribution in [0.25, 0.3) is 0 Å². The first kappa shape index (κ1) is 22.5. The average Bonchev–Trinajstić information content (AvgIpc) is 2.82. The Kier molecular flexibility index (Phi) is 7.39.